The zero-order chi connectivity index (χ0) is 18.1. The Morgan fingerprint density at radius 3 is 2.77 bits per heavy atom. The molecule has 0 spiro atoms. The number of fused-ring (bicyclic) bond motifs is 3. The first-order valence-corrected chi connectivity index (χ1v) is 9.11. The Balaban J connectivity index is 1.64. The van der Waals surface area contributed by atoms with Crippen LogP contribution in [-0.2, 0) is 0 Å². The van der Waals surface area contributed by atoms with Crippen molar-refractivity contribution >= 4 is 11.4 Å². The molecule has 1 heterocycles. The highest BCUT2D eigenvalue weighted by Crippen LogP contribution is 2.50. The number of ether oxygens (including phenoxy) is 1. The van der Waals surface area contributed by atoms with Gasteiger partial charge in [-0.15, -0.1) is 0 Å². The molecule has 1 N–H and O–H groups in total. The number of rotatable bonds is 5. The van der Waals surface area contributed by atoms with E-state index >= 15 is 0 Å². The fraction of sp³-hybridized carbons (Fsp3) is 0.333. The molecule has 5 nitrogen and oxygen atoms in total. The molecule has 26 heavy (non-hydrogen) atoms. The van der Waals surface area contributed by atoms with Crippen LogP contribution in [0.3, 0.4) is 0 Å². The number of nitro groups is 1. The van der Waals surface area contributed by atoms with Gasteiger partial charge in [0.15, 0.2) is 0 Å². The molecule has 2 aromatic rings. The second kappa shape index (κ2) is 6.83. The van der Waals surface area contributed by atoms with E-state index in [0.717, 1.165) is 36.4 Å². The van der Waals surface area contributed by atoms with Crippen LogP contribution in [0.15, 0.2) is 54.6 Å². The molecule has 4 rings (SSSR count). The van der Waals surface area contributed by atoms with Crippen LogP contribution < -0.4 is 10.1 Å². The standard InChI is InChI=1S/C21H22N2O3/c1-2-12-26-16-9-6-14(7-10-16)21-18-5-3-4-17(18)19-13-15(23(24)25)8-11-20(19)22-21/h3-4,6-11,13,17-18,21-22H,2,5,12H2,1H3/t17-,18+,21+/m1/s1. The summed E-state index contributed by atoms with van der Waals surface area (Å²) in [6, 6.07) is 13.6. The van der Waals surface area contributed by atoms with Gasteiger partial charge < -0.3 is 10.1 Å². The maximum atomic E-state index is 11.1. The van der Waals surface area contributed by atoms with Crippen LogP contribution in [0.2, 0.25) is 0 Å². The lowest BCUT2D eigenvalue weighted by Gasteiger charge is -2.37. The van der Waals surface area contributed by atoms with Crippen molar-refractivity contribution in [1.29, 1.82) is 0 Å². The topological polar surface area (TPSA) is 64.4 Å². The third-order valence-corrected chi connectivity index (χ3v) is 5.27. The van der Waals surface area contributed by atoms with E-state index in [1.54, 1.807) is 12.1 Å². The summed E-state index contributed by atoms with van der Waals surface area (Å²) < 4.78 is 5.68. The van der Waals surface area contributed by atoms with Gasteiger partial charge in [-0.05, 0) is 48.1 Å². The van der Waals surface area contributed by atoms with Gasteiger partial charge in [0.2, 0.25) is 0 Å². The van der Waals surface area contributed by atoms with E-state index in [9.17, 15) is 10.1 Å². The highest BCUT2D eigenvalue weighted by atomic mass is 16.6. The van der Waals surface area contributed by atoms with Crippen LogP contribution >= 0.6 is 0 Å². The molecule has 1 aliphatic heterocycles. The number of benzene rings is 2. The number of allylic oxidation sites excluding steroid dienone is 2. The van der Waals surface area contributed by atoms with Crippen LogP contribution in [0, 0.1) is 16.0 Å². The molecule has 0 amide bonds. The van der Waals surface area contributed by atoms with Crippen molar-refractivity contribution in [2.45, 2.75) is 31.7 Å². The van der Waals surface area contributed by atoms with E-state index in [4.69, 9.17) is 4.74 Å². The van der Waals surface area contributed by atoms with Crippen molar-refractivity contribution < 1.29 is 9.66 Å². The average Bonchev–Trinajstić information content (AvgIpc) is 3.16. The van der Waals surface area contributed by atoms with Crippen LogP contribution in [0.4, 0.5) is 11.4 Å². The molecule has 1 aliphatic carbocycles. The van der Waals surface area contributed by atoms with E-state index in [-0.39, 0.29) is 22.6 Å². The summed E-state index contributed by atoms with van der Waals surface area (Å²) in [4.78, 5) is 10.8. The highest BCUT2D eigenvalue weighted by Gasteiger charge is 2.38. The second-order valence-electron chi connectivity index (χ2n) is 6.92. The molecule has 0 saturated heterocycles. The van der Waals surface area contributed by atoms with Crippen LogP contribution in [0.25, 0.3) is 0 Å². The molecule has 5 heteroatoms. The Morgan fingerprint density at radius 2 is 2.04 bits per heavy atom. The predicted molar refractivity (Wildman–Crippen MR) is 102 cm³/mol. The van der Waals surface area contributed by atoms with E-state index in [1.165, 1.54) is 5.56 Å². The minimum absolute atomic E-state index is 0.153. The van der Waals surface area contributed by atoms with Crippen LogP contribution in [-0.4, -0.2) is 11.5 Å². The fourth-order valence-electron chi connectivity index (χ4n) is 4.02. The highest BCUT2D eigenvalue weighted by molar-refractivity contribution is 5.63. The minimum Gasteiger partial charge on any atom is -0.494 e. The summed E-state index contributed by atoms with van der Waals surface area (Å²) in [7, 11) is 0. The number of hydrogen-bond acceptors (Lipinski definition) is 4. The van der Waals surface area contributed by atoms with Crippen LogP contribution in [0.1, 0.15) is 42.9 Å². The van der Waals surface area contributed by atoms with Crippen molar-refractivity contribution in [2.75, 3.05) is 11.9 Å². The van der Waals surface area contributed by atoms with Gasteiger partial charge in [-0.25, -0.2) is 0 Å². The number of nitro benzene ring substituents is 1. The second-order valence-corrected chi connectivity index (χ2v) is 6.92. The van der Waals surface area contributed by atoms with Gasteiger partial charge in [0.05, 0.1) is 17.6 Å². The van der Waals surface area contributed by atoms with Gasteiger partial charge in [0, 0.05) is 23.7 Å². The Morgan fingerprint density at radius 1 is 1.23 bits per heavy atom. The number of anilines is 1. The van der Waals surface area contributed by atoms with Crippen LogP contribution in [0.5, 0.6) is 5.75 Å². The lowest BCUT2D eigenvalue weighted by molar-refractivity contribution is -0.384. The molecule has 2 aliphatic rings. The summed E-state index contributed by atoms with van der Waals surface area (Å²) >= 11 is 0. The van der Waals surface area contributed by atoms with E-state index in [2.05, 4.69) is 36.5 Å². The first-order chi connectivity index (χ1) is 12.7. The fourth-order valence-corrected chi connectivity index (χ4v) is 4.02. The maximum absolute atomic E-state index is 11.1. The summed E-state index contributed by atoms with van der Waals surface area (Å²) in [5.41, 5.74) is 3.38. The van der Waals surface area contributed by atoms with Gasteiger partial charge in [-0.2, -0.15) is 0 Å². The Hall–Kier alpha value is -2.82. The lowest BCUT2D eigenvalue weighted by Crippen LogP contribution is -2.29. The molecule has 0 fully saturated rings. The van der Waals surface area contributed by atoms with Crippen molar-refractivity contribution in [2.24, 2.45) is 5.92 Å². The molecule has 0 aromatic heterocycles. The van der Waals surface area contributed by atoms with E-state index < -0.39 is 0 Å². The van der Waals surface area contributed by atoms with Gasteiger partial charge >= 0.3 is 0 Å². The molecule has 3 atom stereocenters. The number of hydrogen-bond donors (Lipinski definition) is 1. The number of nitrogens with one attached hydrogen (secondary N) is 1. The molecule has 0 saturated carbocycles. The Bertz CT molecular complexity index is 845. The maximum Gasteiger partial charge on any atom is 0.269 e. The number of non-ortho nitro benzene ring substituents is 1. The van der Waals surface area contributed by atoms with Crippen molar-refractivity contribution in [3.8, 4) is 5.75 Å². The zero-order valence-corrected chi connectivity index (χ0v) is 14.7. The molecule has 0 unspecified atom stereocenters. The average molecular weight is 350 g/mol. The molecule has 134 valence electrons. The Labute approximate surface area is 152 Å². The normalized spacial score (nSPS) is 23.0. The summed E-state index contributed by atoms with van der Waals surface area (Å²) in [6.07, 6.45) is 6.35. The third kappa shape index (κ3) is 2.94. The zero-order valence-electron chi connectivity index (χ0n) is 14.7. The van der Waals surface area contributed by atoms with Gasteiger partial charge in [-0.3, -0.25) is 10.1 Å². The van der Waals surface area contributed by atoms with Crippen molar-refractivity contribution in [1.82, 2.24) is 0 Å². The van der Waals surface area contributed by atoms with Crippen molar-refractivity contribution in [3.05, 3.63) is 75.9 Å². The quantitative estimate of drug-likeness (QED) is 0.457. The molecular weight excluding hydrogens is 328 g/mol. The molecule has 0 radical (unpaired) electrons. The first-order valence-electron chi connectivity index (χ1n) is 9.11. The first kappa shape index (κ1) is 16.6. The van der Waals surface area contributed by atoms with E-state index in [1.807, 2.05) is 18.2 Å². The molecule has 0 bridgehead atoms. The lowest BCUT2D eigenvalue weighted by atomic mass is 9.77. The molecular formula is C21H22N2O3. The smallest absolute Gasteiger partial charge is 0.269 e. The number of nitrogens with zero attached hydrogens (tertiary/aromatic N) is 1. The largest absolute Gasteiger partial charge is 0.494 e. The van der Waals surface area contributed by atoms with Crippen molar-refractivity contribution in [3.63, 3.8) is 0 Å². The Kier molecular flexibility index (Phi) is 4.37. The van der Waals surface area contributed by atoms with Gasteiger partial charge in [-0.1, -0.05) is 31.2 Å². The summed E-state index contributed by atoms with van der Waals surface area (Å²) in [6.45, 7) is 2.82. The monoisotopic (exact) mass is 350 g/mol. The minimum atomic E-state index is -0.324. The predicted octanol–water partition coefficient (Wildman–Crippen LogP) is 5.21. The third-order valence-electron chi connectivity index (χ3n) is 5.27. The summed E-state index contributed by atoms with van der Waals surface area (Å²) in [5.74, 6) is 1.47. The van der Waals surface area contributed by atoms with Gasteiger partial charge in [0.1, 0.15) is 5.75 Å². The SMILES string of the molecule is CCCOc1ccc([C@@H]2Nc3ccc([N+](=O)[O-])cc3[C@@H]3C=CC[C@@H]32)cc1. The van der Waals surface area contributed by atoms with E-state index in [0.29, 0.717) is 5.92 Å². The molecule has 2 aromatic carbocycles. The summed E-state index contributed by atoms with van der Waals surface area (Å²) in [5, 5.41) is 14.7. The van der Waals surface area contributed by atoms with Gasteiger partial charge in [0.25, 0.3) is 5.69 Å².